The van der Waals surface area contributed by atoms with Crippen LogP contribution in [-0.4, -0.2) is 16.2 Å². The Bertz CT molecular complexity index is 439. The number of hydrogen-bond acceptors (Lipinski definition) is 3. The van der Waals surface area contributed by atoms with Crippen molar-refractivity contribution in [2.75, 3.05) is 0 Å². The summed E-state index contributed by atoms with van der Waals surface area (Å²) < 4.78 is 13.4. The van der Waals surface area contributed by atoms with Crippen LogP contribution in [0.5, 0.6) is 0 Å². The van der Waals surface area contributed by atoms with E-state index >= 15 is 0 Å². The number of aliphatic hydroxyl groups excluding tert-OH is 1. The first-order chi connectivity index (χ1) is 7.57. The summed E-state index contributed by atoms with van der Waals surface area (Å²) in [5, 5.41) is 26.4. The highest BCUT2D eigenvalue weighted by Crippen LogP contribution is 2.23. The van der Waals surface area contributed by atoms with Crippen molar-refractivity contribution in [3.05, 3.63) is 35.1 Å². The summed E-state index contributed by atoms with van der Waals surface area (Å²) >= 11 is 0. The second-order valence-corrected chi connectivity index (χ2v) is 3.21. The molecule has 1 rings (SSSR count). The van der Waals surface area contributed by atoms with Crippen molar-refractivity contribution in [2.45, 2.75) is 18.9 Å². The molecule has 0 aliphatic rings. The molecule has 0 saturated carbocycles. The summed E-state index contributed by atoms with van der Waals surface area (Å²) in [6.07, 6.45) is -1.54. The van der Waals surface area contributed by atoms with Crippen molar-refractivity contribution < 1.29 is 19.4 Å². The lowest BCUT2D eigenvalue weighted by Crippen LogP contribution is -2.14. The number of carboxylic acids is 1. The largest absolute Gasteiger partial charge is 0.479 e. The molecule has 0 radical (unpaired) electrons. The Morgan fingerprint density at radius 1 is 1.56 bits per heavy atom. The lowest BCUT2D eigenvalue weighted by atomic mass is 9.98. The molecule has 0 heterocycles. The van der Waals surface area contributed by atoms with Crippen molar-refractivity contribution >= 4 is 5.97 Å². The summed E-state index contributed by atoms with van der Waals surface area (Å²) in [4.78, 5) is 10.6. The number of aryl methyl sites for hydroxylation is 1. The van der Waals surface area contributed by atoms with Gasteiger partial charge in [-0.15, -0.1) is 0 Å². The van der Waals surface area contributed by atoms with E-state index in [1.807, 2.05) is 6.07 Å². The predicted molar refractivity (Wildman–Crippen MR) is 52.9 cm³/mol. The summed E-state index contributed by atoms with van der Waals surface area (Å²) in [5.41, 5.74) is 0.0849. The van der Waals surface area contributed by atoms with Gasteiger partial charge < -0.3 is 10.2 Å². The maximum absolute atomic E-state index is 13.4. The molecule has 0 saturated heterocycles. The first-order valence-corrected chi connectivity index (χ1v) is 4.63. The fourth-order valence-electron chi connectivity index (χ4n) is 1.42. The Balaban J connectivity index is 3.13. The van der Waals surface area contributed by atoms with E-state index in [-0.39, 0.29) is 18.4 Å². The summed E-state index contributed by atoms with van der Waals surface area (Å²) in [6, 6.07) is 5.88. The second kappa shape index (κ2) is 5.24. The van der Waals surface area contributed by atoms with Gasteiger partial charge in [-0.2, -0.15) is 5.26 Å². The molecule has 0 aliphatic heterocycles. The van der Waals surface area contributed by atoms with Gasteiger partial charge in [0, 0.05) is 12.0 Å². The minimum absolute atomic E-state index is 0.142. The maximum atomic E-state index is 13.4. The third-order valence-corrected chi connectivity index (χ3v) is 2.16. The van der Waals surface area contributed by atoms with Crippen molar-refractivity contribution in [1.82, 2.24) is 0 Å². The van der Waals surface area contributed by atoms with Crippen LogP contribution in [0.25, 0.3) is 0 Å². The van der Waals surface area contributed by atoms with Gasteiger partial charge in [0.1, 0.15) is 5.82 Å². The normalized spacial score (nSPS) is 11.8. The van der Waals surface area contributed by atoms with Crippen LogP contribution in [0.4, 0.5) is 4.39 Å². The van der Waals surface area contributed by atoms with Crippen molar-refractivity contribution in [3.8, 4) is 6.07 Å². The molecule has 2 N–H and O–H groups in total. The number of nitriles is 1. The van der Waals surface area contributed by atoms with Crippen molar-refractivity contribution in [2.24, 2.45) is 0 Å². The molecule has 1 aromatic rings. The molecule has 5 heteroatoms. The van der Waals surface area contributed by atoms with Crippen LogP contribution in [0.3, 0.4) is 0 Å². The van der Waals surface area contributed by atoms with Gasteiger partial charge in [-0.3, -0.25) is 0 Å². The van der Waals surface area contributed by atoms with Crippen LogP contribution in [0.2, 0.25) is 0 Å². The van der Waals surface area contributed by atoms with Crippen LogP contribution < -0.4 is 0 Å². The summed E-state index contributed by atoms with van der Waals surface area (Å²) in [5.74, 6) is -2.28. The zero-order valence-corrected chi connectivity index (χ0v) is 8.35. The molecule has 0 fully saturated rings. The predicted octanol–water partition coefficient (Wildman–Crippen LogP) is 1.40. The van der Waals surface area contributed by atoms with Crippen molar-refractivity contribution in [3.63, 3.8) is 0 Å². The maximum Gasteiger partial charge on any atom is 0.337 e. The number of carbonyl (C=O) groups is 1. The van der Waals surface area contributed by atoms with E-state index in [0.717, 1.165) is 6.07 Å². The summed E-state index contributed by atoms with van der Waals surface area (Å²) in [7, 11) is 0. The minimum Gasteiger partial charge on any atom is -0.479 e. The molecule has 1 atom stereocenters. The number of rotatable bonds is 4. The lowest BCUT2D eigenvalue weighted by molar-refractivity contribution is -0.147. The third kappa shape index (κ3) is 2.55. The van der Waals surface area contributed by atoms with E-state index in [2.05, 4.69) is 0 Å². The number of nitrogens with zero attached hydrogens (tertiary/aromatic N) is 1. The second-order valence-electron chi connectivity index (χ2n) is 3.21. The highest BCUT2D eigenvalue weighted by Gasteiger charge is 2.22. The fourth-order valence-corrected chi connectivity index (χ4v) is 1.42. The Morgan fingerprint density at radius 2 is 2.25 bits per heavy atom. The minimum atomic E-state index is -1.89. The average Bonchev–Trinajstić information content (AvgIpc) is 2.25. The van der Waals surface area contributed by atoms with Gasteiger partial charge in [-0.05, 0) is 18.1 Å². The standard InChI is InChI=1S/C11H10FNO3/c12-8-5-1-3-7(4-2-6-13)9(8)10(14)11(15)16/h1,3,5,10,14H,2,4H2,(H,15,16). The molecule has 0 aliphatic carbocycles. The molecular weight excluding hydrogens is 213 g/mol. The van der Waals surface area contributed by atoms with Crippen LogP contribution in [-0.2, 0) is 11.2 Å². The zero-order chi connectivity index (χ0) is 12.1. The van der Waals surface area contributed by atoms with Gasteiger partial charge in [-0.1, -0.05) is 12.1 Å². The van der Waals surface area contributed by atoms with Gasteiger partial charge >= 0.3 is 5.97 Å². The van der Waals surface area contributed by atoms with E-state index in [4.69, 9.17) is 10.4 Å². The first-order valence-electron chi connectivity index (χ1n) is 4.63. The Kier molecular flexibility index (Phi) is 3.97. The third-order valence-electron chi connectivity index (χ3n) is 2.16. The fraction of sp³-hybridized carbons (Fsp3) is 0.273. The zero-order valence-electron chi connectivity index (χ0n) is 8.35. The first kappa shape index (κ1) is 12.1. The molecule has 4 nitrogen and oxygen atoms in total. The average molecular weight is 223 g/mol. The molecule has 0 spiro atoms. The highest BCUT2D eigenvalue weighted by molar-refractivity contribution is 5.74. The number of aliphatic carboxylic acids is 1. The molecule has 1 unspecified atom stereocenters. The van der Waals surface area contributed by atoms with Gasteiger partial charge in [0.15, 0.2) is 6.10 Å². The lowest BCUT2D eigenvalue weighted by Gasteiger charge is -2.12. The number of hydrogen-bond donors (Lipinski definition) is 2. The molecule has 16 heavy (non-hydrogen) atoms. The highest BCUT2D eigenvalue weighted by atomic mass is 19.1. The Morgan fingerprint density at radius 3 is 2.81 bits per heavy atom. The topological polar surface area (TPSA) is 81.3 Å². The molecule has 1 aromatic carbocycles. The number of halogens is 1. The van der Waals surface area contributed by atoms with Gasteiger partial charge in [-0.25, -0.2) is 9.18 Å². The molecule has 0 bridgehead atoms. The van der Waals surface area contributed by atoms with Gasteiger partial charge in [0.2, 0.25) is 0 Å². The van der Waals surface area contributed by atoms with Crippen LogP contribution in [0, 0.1) is 17.1 Å². The molecule has 0 aromatic heterocycles. The van der Waals surface area contributed by atoms with Crippen molar-refractivity contribution in [1.29, 1.82) is 5.26 Å². The number of benzene rings is 1. The SMILES string of the molecule is N#CCCc1cccc(F)c1C(O)C(=O)O. The van der Waals surface area contributed by atoms with Gasteiger partial charge in [0.25, 0.3) is 0 Å². The van der Waals surface area contributed by atoms with E-state index in [9.17, 15) is 14.3 Å². The van der Waals surface area contributed by atoms with E-state index in [0.29, 0.717) is 5.56 Å². The monoisotopic (exact) mass is 223 g/mol. The van der Waals surface area contributed by atoms with E-state index < -0.39 is 17.9 Å². The molecular formula is C11H10FNO3. The van der Waals surface area contributed by atoms with Crippen LogP contribution >= 0.6 is 0 Å². The summed E-state index contributed by atoms with van der Waals surface area (Å²) in [6.45, 7) is 0. The van der Waals surface area contributed by atoms with Crippen LogP contribution in [0.1, 0.15) is 23.7 Å². The Labute approximate surface area is 91.6 Å². The van der Waals surface area contributed by atoms with Gasteiger partial charge in [0.05, 0.1) is 6.07 Å². The Hall–Kier alpha value is -1.93. The van der Waals surface area contributed by atoms with E-state index in [1.54, 1.807) is 0 Å². The smallest absolute Gasteiger partial charge is 0.337 e. The number of carboxylic acid groups (broad SMARTS) is 1. The molecule has 0 amide bonds. The van der Waals surface area contributed by atoms with Crippen LogP contribution in [0.15, 0.2) is 18.2 Å². The quantitative estimate of drug-likeness (QED) is 0.808. The number of aliphatic hydroxyl groups is 1. The molecule has 84 valence electrons. The van der Waals surface area contributed by atoms with E-state index in [1.165, 1.54) is 12.1 Å².